The number of rotatable bonds is 0. The fourth-order valence-electron chi connectivity index (χ4n) is 1.64. The molecule has 0 fully saturated rings. The van der Waals surface area contributed by atoms with Crippen molar-refractivity contribution in [1.82, 2.24) is 0 Å². The van der Waals surface area contributed by atoms with Crippen LogP contribution in [0.1, 0.15) is 16.7 Å². The number of furan rings is 1. The lowest BCUT2D eigenvalue weighted by atomic mass is 10.1. The summed E-state index contributed by atoms with van der Waals surface area (Å²) in [6, 6.07) is 4.30. The highest BCUT2D eigenvalue weighted by Crippen LogP contribution is 2.31. The highest BCUT2D eigenvalue weighted by Gasteiger charge is 2.09. The van der Waals surface area contributed by atoms with Crippen molar-refractivity contribution < 1.29 is 4.42 Å². The van der Waals surface area contributed by atoms with Crippen molar-refractivity contribution in [3.63, 3.8) is 0 Å². The van der Waals surface area contributed by atoms with Crippen LogP contribution in [0.25, 0.3) is 11.0 Å². The van der Waals surface area contributed by atoms with Gasteiger partial charge >= 0.3 is 0 Å². The molecule has 2 aromatic rings. The molecule has 0 bridgehead atoms. The lowest BCUT2D eigenvalue weighted by Gasteiger charge is -1.97. The Bertz CT molecular complexity index is 468. The standard InChI is InChI=1S/C11H11BrO/c1-6-4-7(2)10-9(5-6)8(3)11(12)13-10/h4-5H,1-3H3. The minimum atomic E-state index is 0.844. The molecule has 0 aliphatic heterocycles. The molecule has 0 spiro atoms. The van der Waals surface area contributed by atoms with Gasteiger partial charge in [-0.25, -0.2) is 0 Å². The first-order valence-electron chi connectivity index (χ1n) is 4.25. The average Bonchev–Trinajstić information content (AvgIpc) is 2.32. The van der Waals surface area contributed by atoms with Crippen LogP contribution in [-0.4, -0.2) is 0 Å². The summed E-state index contributed by atoms with van der Waals surface area (Å²) in [6.07, 6.45) is 0. The predicted molar refractivity (Wildman–Crippen MR) is 58.1 cm³/mol. The molecule has 0 saturated heterocycles. The fourth-order valence-corrected chi connectivity index (χ4v) is 2.02. The van der Waals surface area contributed by atoms with Crippen LogP contribution in [0.3, 0.4) is 0 Å². The quantitative estimate of drug-likeness (QED) is 0.673. The second-order valence-corrected chi connectivity index (χ2v) is 4.18. The van der Waals surface area contributed by atoms with Crippen LogP contribution in [-0.2, 0) is 0 Å². The number of aryl methyl sites for hydroxylation is 3. The molecule has 1 aromatic heterocycles. The van der Waals surface area contributed by atoms with E-state index in [1.807, 2.05) is 0 Å². The van der Waals surface area contributed by atoms with Crippen LogP contribution in [0.15, 0.2) is 21.2 Å². The lowest BCUT2D eigenvalue weighted by molar-refractivity contribution is 0.581. The molecule has 0 aliphatic carbocycles. The van der Waals surface area contributed by atoms with E-state index in [0.29, 0.717) is 0 Å². The zero-order valence-corrected chi connectivity index (χ0v) is 9.53. The lowest BCUT2D eigenvalue weighted by Crippen LogP contribution is -1.78. The largest absolute Gasteiger partial charge is 0.449 e. The van der Waals surface area contributed by atoms with Crippen molar-refractivity contribution in [2.24, 2.45) is 0 Å². The molecule has 0 amide bonds. The first-order valence-corrected chi connectivity index (χ1v) is 5.04. The van der Waals surface area contributed by atoms with E-state index in [2.05, 4.69) is 48.8 Å². The summed E-state index contributed by atoms with van der Waals surface area (Å²) in [5.74, 6) is 0. The summed E-state index contributed by atoms with van der Waals surface area (Å²) in [7, 11) is 0. The molecule has 2 rings (SSSR count). The monoisotopic (exact) mass is 238 g/mol. The molecule has 1 heterocycles. The highest BCUT2D eigenvalue weighted by atomic mass is 79.9. The Labute approximate surface area is 85.9 Å². The van der Waals surface area contributed by atoms with Gasteiger partial charge in [0.05, 0.1) is 0 Å². The van der Waals surface area contributed by atoms with Crippen LogP contribution in [0.2, 0.25) is 0 Å². The third-order valence-corrected chi connectivity index (χ3v) is 3.07. The number of fused-ring (bicyclic) bond motifs is 1. The van der Waals surface area contributed by atoms with Gasteiger partial charge in [-0.3, -0.25) is 0 Å². The molecule has 0 saturated carbocycles. The minimum absolute atomic E-state index is 0.844. The van der Waals surface area contributed by atoms with Gasteiger partial charge in [0.1, 0.15) is 5.58 Å². The van der Waals surface area contributed by atoms with Gasteiger partial charge in [0, 0.05) is 10.9 Å². The van der Waals surface area contributed by atoms with Crippen molar-refractivity contribution >= 4 is 26.9 Å². The zero-order valence-electron chi connectivity index (χ0n) is 7.94. The minimum Gasteiger partial charge on any atom is -0.449 e. The maximum Gasteiger partial charge on any atom is 0.173 e. The number of halogens is 1. The first kappa shape index (κ1) is 8.82. The molecular weight excluding hydrogens is 228 g/mol. The summed E-state index contributed by atoms with van der Waals surface area (Å²) in [4.78, 5) is 0. The Morgan fingerprint density at radius 2 is 1.85 bits per heavy atom. The molecule has 0 N–H and O–H groups in total. The SMILES string of the molecule is Cc1cc(C)c2oc(Br)c(C)c2c1. The molecule has 0 atom stereocenters. The highest BCUT2D eigenvalue weighted by molar-refractivity contribution is 9.10. The molecule has 13 heavy (non-hydrogen) atoms. The van der Waals surface area contributed by atoms with E-state index in [9.17, 15) is 0 Å². The maximum absolute atomic E-state index is 5.60. The van der Waals surface area contributed by atoms with Crippen LogP contribution in [0, 0.1) is 20.8 Å². The van der Waals surface area contributed by atoms with Gasteiger partial charge in [-0.05, 0) is 53.9 Å². The van der Waals surface area contributed by atoms with Crippen molar-refractivity contribution in [2.75, 3.05) is 0 Å². The van der Waals surface area contributed by atoms with Crippen LogP contribution >= 0.6 is 15.9 Å². The van der Waals surface area contributed by atoms with E-state index >= 15 is 0 Å². The normalized spacial score (nSPS) is 11.1. The number of benzene rings is 1. The van der Waals surface area contributed by atoms with Crippen molar-refractivity contribution in [1.29, 1.82) is 0 Å². The smallest absolute Gasteiger partial charge is 0.173 e. The van der Waals surface area contributed by atoms with Crippen LogP contribution in [0.4, 0.5) is 0 Å². The molecule has 0 radical (unpaired) electrons. The molecule has 0 unspecified atom stereocenters. The second-order valence-electron chi connectivity index (χ2n) is 3.46. The summed E-state index contributed by atoms with van der Waals surface area (Å²) >= 11 is 3.40. The molecule has 68 valence electrons. The fraction of sp³-hybridized carbons (Fsp3) is 0.273. The molecular formula is C11H11BrO. The van der Waals surface area contributed by atoms with E-state index in [1.165, 1.54) is 22.1 Å². The number of hydrogen-bond acceptors (Lipinski definition) is 1. The van der Waals surface area contributed by atoms with Gasteiger partial charge in [0.15, 0.2) is 4.67 Å². The molecule has 2 heteroatoms. The number of hydrogen-bond donors (Lipinski definition) is 0. The van der Waals surface area contributed by atoms with Crippen LogP contribution in [0.5, 0.6) is 0 Å². The Balaban J connectivity index is 2.94. The van der Waals surface area contributed by atoms with E-state index < -0.39 is 0 Å². The first-order chi connectivity index (χ1) is 6.09. The third-order valence-electron chi connectivity index (χ3n) is 2.31. The zero-order chi connectivity index (χ0) is 9.59. The van der Waals surface area contributed by atoms with Gasteiger partial charge in [-0.1, -0.05) is 6.07 Å². The average molecular weight is 239 g/mol. The summed E-state index contributed by atoms with van der Waals surface area (Å²) in [5, 5.41) is 1.21. The molecule has 1 nitrogen and oxygen atoms in total. The summed E-state index contributed by atoms with van der Waals surface area (Å²) in [5.41, 5.74) is 4.65. The van der Waals surface area contributed by atoms with Gasteiger partial charge in [0.25, 0.3) is 0 Å². The van der Waals surface area contributed by atoms with Gasteiger partial charge < -0.3 is 4.42 Å². The Hall–Kier alpha value is -0.760. The van der Waals surface area contributed by atoms with Gasteiger partial charge in [0.2, 0.25) is 0 Å². The van der Waals surface area contributed by atoms with Crippen molar-refractivity contribution in [3.8, 4) is 0 Å². The molecule has 0 aliphatic rings. The van der Waals surface area contributed by atoms with Gasteiger partial charge in [-0.15, -0.1) is 0 Å². The Morgan fingerprint density at radius 3 is 2.54 bits per heavy atom. The van der Waals surface area contributed by atoms with E-state index in [0.717, 1.165) is 10.3 Å². The van der Waals surface area contributed by atoms with E-state index in [-0.39, 0.29) is 0 Å². The third kappa shape index (κ3) is 1.29. The molecule has 1 aromatic carbocycles. The summed E-state index contributed by atoms with van der Waals surface area (Å²) in [6.45, 7) is 6.24. The Kier molecular flexibility index (Phi) is 1.95. The maximum atomic E-state index is 5.60. The van der Waals surface area contributed by atoms with Crippen molar-refractivity contribution in [3.05, 3.63) is 33.5 Å². The van der Waals surface area contributed by atoms with E-state index in [1.54, 1.807) is 0 Å². The second kappa shape index (κ2) is 2.88. The Morgan fingerprint density at radius 1 is 1.15 bits per heavy atom. The van der Waals surface area contributed by atoms with Gasteiger partial charge in [-0.2, -0.15) is 0 Å². The van der Waals surface area contributed by atoms with Crippen LogP contribution < -0.4 is 0 Å². The summed E-state index contributed by atoms with van der Waals surface area (Å²) < 4.78 is 6.44. The van der Waals surface area contributed by atoms with E-state index in [4.69, 9.17) is 4.42 Å². The van der Waals surface area contributed by atoms with Crippen molar-refractivity contribution in [2.45, 2.75) is 20.8 Å². The topological polar surface area (TPSA) is 13.1 Å². The predicted octanol–water partition coefficient (Wildman–Crippen LogP) is 4.12.